The predicted molar refractivity (Wildman–Crippen MR) is 82.9 cm³/mol. The minimum absolute atomic E-state index is 0.447. The van der Waals surface area contributed by atoms with E-state index in [1.165, 1.54) is 0 Å². The molecule has 0 heterocycles. The molecule has 3 heteroatoms. The molecule has 2 aromatic rings. The quantitative estimate of drug-likeness (QED) is 0.912. The van der Waals surface area contributed by atoms with Crippen molar-refractivity contribution >= 4 is 5.97 Å². The second kappa shape index (κ2) is 6.00. The van der Waals surface area contributed by atoms with E-state index in [2.05, 4.69) is 0 Å². The average molecular weight is 284 g/mol. The van der Waals surface area contributed by atoms with Gasteiger partial charge in [0, 0.05) is 0 Å². The summed E-state index contributed by atoms with van der Waals surface area (Å²) in [6, 6.07) is 15.2. The summed E-state index contributed by atoms with van der Waals surface area (Å²) in [5.41, 5.74) is 1.91. The lowest BCUT2D eigenvalue weighted by Gasteiger charge is -2.26. The molecule has 0 aliphatic rings. The van der Waals surface area contributed by atoms with Gasteiger partial charge in [0.2, 0.25) is 0 Å². The summed E-state index contributed by atoms with van der Waals surface area (Å²) in [7, 11) is 1.58. The highest BCUT2D eigenvalue weighted by molar-refractivity contribution is 5.81. The second-order valence-corrected chi connectivity index (χ2v) is 5.47. The summed E-state index contributed by atoms with van der Waals surface area (Å²) >= 11 is 0. The maximum absolute atomic E-state index is 11.9. The van der Waals surface area contributed by atoms with Gasteiger partial charge in [-0.3, -0.25) is 4.79 Å². The molecule has 110 valence electrons. The van der Waals surface area contributed by atoms with Gasteiger partial charge in [0.05, 0.1) is 12.5 Å². The van der Waals surface area contributed by atoms with E-state index in [1.807, 2.05) is 49.4 Å². The van der Waals surface area contributed by atoms with Crippen LogP contribution in [-0.4, -0.2) is 18.2 Å². The molecule has 21 heavy (non-hydrogen) atoms. The van der Waals surface area contributed by atoms with Gasteiger partial charge in [-0.25, -0.2) is 0 Å². The zero-order chi connectivity index (χ0) is 15.5. The Morgan fingerprint density at radius 1 is 1.19 bits per heavy atom. The average Bonchev–Trinajstić information content (AvgIpc) is 2.49. The van der Waals surface area contributed by atoms with Gasteiger partial charge < -0.3 is 9.84 Å². The Morgan fingerprint density at radius 2 is 1.90 bits per heavy atom. The van der Waals surface area contributed by atoms with Gasteiger partial charge in [0.25, 0.3) is 0 Å². The largest absolute Gasteiger partial charge is 0.497 e. The Morgan fingerprint density at radius 3 is 2.52 bits per heavy atom. The molecule has 1 atom stereocenters. The lowest BCUT2D eigenvalue weighted by atomic mass is 9.76. The molecular weight excluding hydrogens is 264 g/mol. The molecule has 0 aliphatic heterocycles. The Kier molecular flexibility index (Phi) is 4.32. The third-order valence-electron chi connectivity index (χ3n) is 3.98. The fourth-order valence-electron chi connectivity index (χ4n) is 2.46. The smallest absolute Gasteiger partial charge is 0.314 e. The molecule has 0 saturated heterocycles. The van der Waals surface area contributed by atoms with Crippen LogP contribution in [0.5, 0.6) is 5.75 Å². The highest BCUT2D eigenvalue weighted by Crippen LogP contribution is 2.31. The van der Waals surface area contributed by atoms with Crippen molar-refractivity contribution in [2.75, 3.05) is 7.11 Å². The molecule has 0 fully saturated rings. The second-order valence-electron chi connectivity index (χ2n) is 5.47. The zero-order valence-corrected chi connectivity index (χ0v) is 12.6. The molecular formula is C18H20O3. The third-order valence-corrected chi connectivity index (χ3v) is 3.98. The first-order valence-electron chi connectivity index (χ1n) is 6.90. The van der Waals surface area contributed by atoms with Crippen LogP contribution >= 0.6 is 0 Å². The SMILES string of the molecule is COc1cccc(C(C)(Cc2ccccc2C)C(=O)O)c1. The van der Waals surface area contributed by atoms with Crippen LogP contribution in [0, 0.1) is 6.92 Å². The minimum atomic E-state index is -0.985. The normalized spacial score (nSPS) is 13.5. The lowest BCUT2D eigenvalue weighted by molar-refractivity contribution is -0.143. The topological polar surface area (TPSA) is 46.5 Å². The lowest BCUT2D eigenvalue weighted by Crippen LogP contribution is -2.35. The molecule has 1 N–H and O–H groups in total. The van der Waals surface area contributed by atoms with Crippen LogP contribution in [0.15, 0.2) is 48.5 Å². The summed E-state index contributed by atoms with van der Waals surface area (Å²) in [4.78, 5) is 11.9. The van der Waals surface area contributed by atoms with E-state index in [4.69, 9.17) is 4.74 Å². The highest BCUT2D eigenvalue weighted by atomic mass is 16.5. The molecule has 0 amide bonds. The minimum Gasteiger partial charge on any atom is -0.497 e. The van der Waals surface area contributed by atoms with Gasteiger partial charge in [-0.15, -0.1) is 0 Å². The standard InChI is InChI=1S/C18H20O3/c1-13-7-4-5-8-14(13)12-18(2,17(19)20)15-9-6-10-16(11-15)21-3/h4-11H,12H2,1-3H3,(H,19,20). The van der Waals surface area contributed by atoms with Crippen LogP contribution in [0.2, 0.25) is 0 Å². The summed E-state index contributed by atoms with van der Waals surface area (Å²) < 4.78 is 5.21. The number of rotatable bonds is 5. The van der Waals surface area contributed by atoms with Crippen molar-refractivity contribution in [2.24, 2.45) is 0 Å². The molecule has 1 unspecified atom stereocenters. The van der Waals surface area contributed by atoms with Crippen molar-refractivity contribution in [3.05, 3.63) is 65.2 Å². The van der Waals surface area contributed by atoms with Gasteiger partial charge in [0.15, 0.2) is 0 Å². The summed E-state index contributed by atoms with van der Waals surface area (Å²) in [6.07, 6.45) is 0.447. The zero-order valence-electron chi connectivity index (χ0n) is 12.6. The highest BCUT2D eigenvalue weighted by Gasteiger charge is 2.36. The molecule has 0 spiro atoms. The number of carboxylic acids is 1. The van der Waals surface area contributed by atoms with E-state index in [-0.39, 0.29) is 0 Å². The van der Waals surface area contributed by atoms with Crippen LogP contribution in [0.3, 0.4) is 0 Å². The maximum Gasteiger partial charge on any atom is 0.314 e. The number of aryl methyl sites for hydroxylation is 1. The number of ether oxygens (including phenoxy) is 1. The number of hydrogen-bond donors (Lipinski definition) is 1. The first-order valence-corrected chi connectivity index (χ1v) is 6.90. The monoisotopic (exact) mass is 284 g/mol. The summed E-state index contributed by atoms with van der Waals surface area (Å²) in [5.74, 6) is -0.163. The molecule has 3 nitrogen and oxygen atoms in total. The van der Waals surface area contributed by atoms with Crippen LogP contribution in [0.1, 0.15) is 23.6 Å². The Bertz CT molecular complexity index is 648. The third kappa shape index (κ3) is 3.07. The van der Waals surface area contributed by atoms with Gasteiger partial charge in [0.1, 0.15) is 5.75 Å². The van der Waals surface area contributed by atoms with Crippen LogP contribution in [0.25, 0.3) is 0 Å². The molecule has 0 saturated carbocycles. The molecule has 2 rings (SSSR count). The van der Waals surface area contributed by atoms with Crippen molar-refractivity contribution < 1.29 is 14.6 Å². The van der Waals surface area contributed by atoms with Crippen LogP contribution in [0.4, 0.5) is 0 Å². The summed E-state index contributed by atoms with van der Waals surface area (Å²) in [6.45, 7) is 3.76. The van der Waals surface area contributed by atoms with Crippen molar-refractivity contribution in [3.63, 3.8) is 0 Å². The van der Waals surface area contributed by atoms with Crippen molar-refractivity contribution in [1.82, 2.24) is 0 Å². The van der Waals surface area contributed by atoms with Gasteiger partial charge in [-0.1, -0.05) is 36.4 Å². The number of hydrogen-bond acceptors (Lipinski definition) is 2. The van der Waals surface area contributed by atoms with E-state index in [1.54, 1.807) is 20.1 Å². The van der Waals surface area contributed by atoms with E-state index >= 15 is 0 Å². The number of methoxy groups -OCH3 is 1. The fraction of sp³-hybridized carbons (Fsp3) is 0.278. The van der Waals surface area contributed by atoms with Crippen molar-refractivity contribution in [2.45, 2.75) is 25.7 Å². The van der Waals surface area contributed by atoms with E-state index in [9.17, 15) is 9.90 Å². The number of benzene rings is 2. The van der Waals surface area contributed by atoms with Crippen LogP contribution in [-0.2, 0) is 16.6 Å². The van der Waals surface area contributed by atoms with Gasteiger partial charge in [-0.05, 0) is 49.1 Å². The van der Waals surface area contributed by atoms with Gasteiger partial charge >= 0.3 is 5.97 Å². The molecule has 2 aromatic carbocycles. The first kappa shape index (κ1) is 15.1. The maximum atomic E-state index is 11.9. The molecule has 0 aromatic heterocycles. The molecule has 0 radical (unpaired) electrons. The summed E-state index contributed by atoms with van der Waals surface area (Å²) in [5, 5.41) is 9.76. The number of carboxylic acid groups (broad SMARTS) is 1. The predicted octanol–water partition coefficient (Wildman–Crippen LogP) is 3.59. The van der Waals surface area contributed by atoms with Crippen molar-refractivity contribution in [3.8, 4) is 5.75 Å². The van der Waals surface area contributed by atoms with E-state index in [0.29, 0.717) is 12.2 Å². The Balaban J connectivity index is 2.45. The van der Waals surface area contributed by atoms with Crippen molar-refractivity contribution in [1.29, 1.82) is 0 Å². The molecule has 0 aliphatic carbocycles. The van der Waals surface area contributed by atoms with Gasteiger partial charge in [-0.2, -0.15) is 0 Å². The number of carbonyl (C=O) groups is 1. The van der Waals surface area contributed by atoms with E-state index < -0.39 is 11.4 Å². The van der Waals surface area contributed by atoms with E-state index in [0.717, 1.165) is 16.7 Å². The fourth-order valence-corrected chi connectivity index (χ4v) is 2.46. The molecule has 0 bridgehead atoms. The number of aliphatic carboxylic acids is 1. The Labute approximate surface area is 125 Å². The van der Waals surface area contributed by atoms with Crippen LogP contribution < -0.4 is 4.74 Å². The Hall–Kier alpha value is -2.29. The first-order chi connectivity index (χ1) is 9.97.